The van der Waals surface area contributed by atoms with Gasteiger partial charge in [0.2, 0.25) is 0 Å². The van der Waals surface area contributed by atoms with Crippen LogP contribution < -0.4 is 0 Å². The minimum Gasteiger partial charge on any atom is -0.251 e. The van der Waals surface area contributed by atoms with Crippen molar-refractivity contribution in [2.45, 2.75) is 36.6 Å². The molecule has 76 valence electrons. The van der Waals surface area contributed by atoms with Gasteiger partial charge in [0.15, 0.2) is 5.60 Å². The molecule has 14 heavy (non-hydrogen) atoms. The van der Waals surface area contributed by atoms with Crippen LogP contribution in [0, 0.1) is 0 Å². The summed E-state index contributed by atoms with van der Waals surface area (Å²) in [6, 6.07) is 0. The molecule has 0 aromatic carbocycles. The predicted octanol–water partition coefficient (Wildman–Crippen LogP) is 1.59. The van der Waals surface area contributed by atoms with E-state index in [9.17, 15) is 0 Å². The van der Waals surface area contributed by atoms with Crippen LogP contribution in [0.1, 0.15) is 19.3 Å². The van der Waals surface area contributed by atoms with Crippen LogP contribution in [0.5, 0.6) is 0 Å². The van der Waals surface area contributed by atoms with Gasteiger partial charge >= 0.3 is 0 Å². The summed E-state index contributed by atoms with van der Waals surface area (Å²) < 4.78 is 0. The fourth-order valence-corrected chi connectivity index (χ4v) is 2.53. The minimum absolute atomic E-state index is 0.101. The van der Waals surface area contributed by atoms with Gasteiger partial charge in [-0.3, -0.25) is 5.26 Å². The normalized spacial score (nSPS) is 49.4. The number of rotatable bonds is 1. The SMILES string of the molecule is OO[C@@]12CC=CC[C@@]13C=C[C@@H](C2)OO3. The summed E-state index contributed by atoms with van der Waals surface area (Å²) in [5.41, 5.74) is -1.29. The lowest BCUT2D eigenvalue weighted by atomic mass is 9.68. The summed E-state index contributed by atoms with van der Waals surface area (Å²) in [4.78, 5) is 15.2. The average molecular weight is 196 g/mol. The summed E-state index contributed by atoms with van der Waals surface area (Å²) in [6.45, 7) is 0. The molecule has 0 aromatic heterocycles. The average Bonchev–Trinajstić information content (AvgIpc) is 2.28. The van der Waals surface area contributed by atoms with Gasteiger partial charge in [-0.25, -0.2) is 14.7 Å². The number of hydrogen-bond acceptors (Lipinski definition) is 4. The van der Waals surface area contributed by atoms with Gasteiger partial charge in [-0.05, 0) is 6.08 Å². The molecular weight excluding hydrogens is 184 g/mol. The molecule has 4 aliphatic rings. The van der Waals surface area contributed by atoms with Crippen LogP contribution in [0.15, 0.2) is 24.3 Å². The second kappa shape index (κ2) is 2.67. The Hall–Kier alpha value is -0.680. The van der Waals surface area contributed by atoms with Crippen LogP contribution in [0.2, 0.25) is 0 Å². The van der Waals surface area contributed by atoms with E-state index in [1.165, 1.54) is 0 Å². The first-order valence-corrected chi connectivity index (χ1v) is 4.82. The standard InChI is InChI=1S/C10H12O4/c11-13-10-5-2-1-4-9(10)6-3-8(7-10)12-14-9/h1-3,6,8,11H,4-5,7H2/t8-,9+,10+/m0/s1. The van der Waals surface area contributed by atoms with Gasteiger partial charge in [-0.2, -0.15) is 0 Å². The Bertz CT molecular complexity index is 311. The lowest BCUT2D eigenvalue weighted by Gasteiger charge is -2.53. The summed E-state index contributed by atoms with van der Waals surface area (Å²) in [5.74, 6) is 0. The third-order valence-corrected chi connectivity index (χ3v) is 3.41. The molecule has 1 N–H and O–H groups in total. The molecule has 0 saturated carbocycles. The van der Waals surface area contributed by atoms with Crippen molar-refractivity contribution in [2.75, 3.05) is 0 Å². The van der Waals surface area contributed by atoms with E-state index < -0.39 is 11.2 Å². The van der Waals surface area contributed by atoms with Crippen LogP contribution in [0.3, 0.4) is 0 Å². The zero-order valence-corrected chi connectivity index (χ0v) is 7.68. The van der Waals surface area contributed by atoms with E-state index in [4.69, 9.17) is 19.9 Å². The molecular formula is C10H12O4. The Labute approximate surface area is 81.6 Å². The maximum absolute atomic E-state index is 9.09. The third-order valence-electron chi connectivity index (χ3n) is 3.41. The van der Waals surface area contributed by atoms with Gasteiger partial charge in [0.1, 0.15) is 11.7 Å². The Kier molecular flexibility index (Phi) is 1.64. The molecule has 4 rings (SSSR count). The summed E-state index contributed by atoms with van der Waals surface area (Å²) in [6.07, 6.45) is 9.84. The highest BCUT2D eigenvalue weighted by molar-refractivity contribution is 5.27. The summed E-state index contributed by atoms with van der Waals surface area (Å²) in [5, 5.41) is 9.09. The molecule has 2 aliphatic carbocycles. The molecule has 1 saturated heterocycles. The largest absolute Gasteiger partial charge is 0.251 e. The van der Waals surface area contributed by atoms with Crippen LogP contribution in [0.25, 0.3) is 0 Å². The maximum atomic E-state index is 9.09. The van der Waals surface area contributed by atoms with Gasteiger partial charge in [0.05, 0.1) is 0 Å². The van der Waals surface area contributed by atoms with Crippen LogP contribution in [0.4, 0.5) is 0 Å². The second-order valence-electron chi connectivity index (χ2n) is 4.14. The molecule has 0 amide bonds. The molecule has 3 atom stereocenters. The predicted molar refractivity (Wildman–Crippen MR) is 47.3 cm³/mol. The van der Waals surface area contributed by atoms with Crippen molar-refractivity contribution in [1.29, 1.82) is 0 Å². The maximum Gasteiger partial charge on any atom is 0.157 e. The van der Waals surface area contributed by atoms with Crippen molar-refractivity contribution in [1.82, 2.24) is 0 Å². The Morgan fingerprint density at radius 1 is 1.36 bits per heavy atom. The fourth-order valence-electron chi connectivity index (χ4n) is 2.53. The molecule has 0 aromatic rings. The van der Waals surface area contributed by atoms with Gasteiger partial charge in [0.25, 0.3) is 0 Å². The summed E-state index contributed by atoms with van der Waals surface area (Å²) in [7, 11) is 0. The Morgan fingerprint density at radius 2 is 2.21 bits per heavy atom. The van der Waals surface area contributed by atoms with E-state index in [1.54, 1.807) is 0 Å². The Morgan fingerprint density at radius 3 is 2.86 bits per heavy atom. The molecule has 1 spiro atoms. The molecule has 4 nitrogen and oxygen atoms in total. The molecule has 2 aliphatic heterocycles. The number of fused-ring (bicyclic) bond motifs is 1. The van der Waals surface area contributed by atoms with Crippen molar-refractivity contribution < 1.29 is 19.9 Å². The van der Waals surface area contributed by atoms with E-state index >= 15 is 0 Å². The van der Waals surface area contributed by atoms with E-state index in [0.717, 1.165) is 0 Å². The minimum atomic E-state index is -0.653. The molecule has 2 bridgehead atoms. The molecule has 0 radical (unpaired) electrons. The lowest BCUT2D eigenvalue weighted by molar-refractivity contribution is -0.479. The van der Waals surface area contributed by atoms with Gasteiger partial charge in [-0.15, -0.1) is 0 Å². The van der Waals surface area contributed by atoms with E-state index in [-0.39, 0.29) is 6.10 Å². The monoisotopic (exact) mass is 196 g/mol. The molecule has 1 fully saturated rings. The highest BCUT2D eigenvalue weighted by Crippen LogP contribution is 2.50. The first-order valence-electron chi connectivity index (χ1n) is 4.82. The van der Waals surface area contributed by atoms with Crippen LogP contribution >= 0.6 is 0 Å². The van der Waals surface area contributed by atoms with Crippen molar-refractivity contribution in [3.05, 3.63) is 24.3 Å². The van der Waals surface area contributed by atoms with E-state index in [2.05, 4.69) is 0 Å². The quantitative estimate of drug-likeness (QED) is 0.393. The van der Waals surface area contributed by atoms with Crippen molar-refractivity contribution in [3.8, 4) is 0 Å². The van der Waals surface area contributed by atoms with Crippen molar-refractivity contribution in [2.24, 2.45) is 0 Å². The Balaban J connectivity index is 2.09. The van der Waals surface area contributed by atoms with Gasteiger partial charge in [-0.1, -0.05) is 18.2 Å². The first-order chi connectivity index (χ1) is 6.80. The highest BCUT2D eigenvalue weighted by Gasteiger charge is 2.60. The molecule has 0 unspecified atom stereocenters. The zero-order chi connectivity index (χ0) is 9.65. The first kappa shape index (κ1) is 8.61. The molecule has 4 heteroatoms. The van der Waals surface area contributed by atoms with Crippen molar-refractivity contribution in [3.63, 3.8) is 0 Å². The lowest BCUT2D eigenvalue weighted by Crippen LogP contribution is -2.64. The van der Waals surface area contributed by atoms with Crippen LogP contribution in [-0.2, 0) is 14.7 Å². The molecule has 2 heterocycles. The zero-order valence-electron chi connectivity index (χ0n) is 7.68. The van der Waals surface area contributed by atoms with Gasteiger partial charge in [0, 0.05) is 19.3 Å². The van der Waals surface area contributed by atoms with Crippen molar-refractivity contribution >= 4 is 0 Å². The smallest absolute Gasteiger partial charge is 0.157 e. The summed E-state index contributed by atoms with van der Waals surface area (Å²) >= 11 is 0. The van der Waals surface area contributed by atoms with Crippen LogP contribution in [-0.4, -0.2) is 22.6 Å². The second-order valence-corrected chi connectivity index (χ2v) is 4.14. The highest BCUT2D eigenvalue weighted by atomic mass is 17.2. The van der Waals surface area contributed by atoms with E-state index in [0.29, 0.717) is 19.3 Å². The van der Waals surface area contributed by atoms with E-state index in [1.807, 2.05) is 24.3 Å². The third kappa shape index (κ3) is 0.866. The van der Waals surface area contributed by atoms with Gasteiger partial charge < -0.3 is 0 Å². The number of hydrogen-bond donors (Lipinski definition) is 1. The topological polar surface area (TPSA) is 47.9 Å². The fraction of sp³-hybridized carbons (Fsp3) is 0.600.